The molecule has 0 atom stereocenters. The standard InChI is InChI=1S/C16H37P.C14H22O/c1-5-9-13-17(14-10-6-2,15-11-7-3)16-12-8-4;1-13(2,3)10-8-7-9-11(12(10)15)14(4,5)6/h17H,5-16H2,1-4H3;7-9,15H,1-6H3. The number of aromatic hydroxyl groups is 1. The van der Waals surface area contributed by atoms with Crippen molar-refractivity contribution in [2.45, 2.75) is 131 Å². The Morgan fingerprint density at radius 1 is 0.594 bits per heavy atom. The average Bonchev–Trinajstić information content (AvgIpc) is 2.71. The molecule has 1 N–H and O–H groups in total. The Bertz CT molecular complexity index is 536. The van der Waals surface area contributed by atoms with Crippen molar-refractivity contribution < 1.29 is 5.11 Å². The molecule has 1 aromatic carbocycles. The summed E-state index contributed by atoms with van der Waals surface area (Å²) in [5, 5.41) is 10.3. The summed E-state index contributed by atoms with van der Waals surface area (Å²) in [5.74, 6) is 0.456. The van der Waals surface area contributed by atoms with E-state index in [0.29, 0.717) is 5.75 Å². The minimum atomic E-state index is -0.879. The molecule has 0 unspecified atom stereocenters. The summed E-state index contributed by atoms with van der Waals surface area (Å²) in [7, 11) is -0.879. The van der Waals surface area contributed by atoms with Gasteiger partial charge in [-0.1, -0.05) is 59.7 Å². The van der Waals surface area contributed by atoms with Crippen LogP contribution in [0.15, 0.2) is 18.2 Å². The van der Waals surface area contributed by atoms with Gasteiger partial charge >= 0.3 is 111 Å². The van der Waals surface area contributed by atoms with Crippen LogP contribution in [0, 0.1) is 0 Å². The second-order valence-electron chi connectivity index (χ2n) is 12.1. The van der Waals surface area contributed by atoms with Crippen LogP contribution >= 0.6 is 7.26 Å². The number of para-hydroxylation sites is 1. The van der Waals surface area contributed by atoms with Crippen molar-refractivity contribution in [1.29, 1.82) is 0 Å². The van der Waals surface area contributed by atoms with Gasteiger partial charge in [0.1, 0.15) is 5.75 Å². The van der Waals surface area contributed by atoms with Crippen LogP contribution in [0.25, 0.3) is 0 Å². The summed E-state index contributed by atoms with van der Waals surface area (Å²) in [6.07, 6.45) is 18.1. The van der Waals surface area contributed by atoms with Crippen molar-refractivity contribution in [3.63, 3.8) is 0 Å². The van der Waals surface area contributed by atoms with E-state index in [1.807, 2.05) is 18.2 Å². The second-order valence-corrected chi connectivity index (χ2v) is 17.1. The van der Waals surface area contributed by atoms with E-state index in [1.54, 1.807) is 24.6 Å². The monoisotopic (exact) mass is 466 g/mol. The zero-order chi connectivity index (χ0) is 24.8. The third kappa shape index (κ3) is 11.5. The summed E-state index contributed by atoms with van der Waals surface area (Å²) in [6.45, 7) is 22.2. The molecule has 0 aliphatic heterocycles. The summed E-state index contributed by atoms with van der Waals surface area (Å²) >= 11 is 0. The molecule has 0 amide bonds. The molecule has 32 heavy (non-hydrogen) atoms. The van der Waals surface area contributed by atoms with E-state index in [1.165, 1.54) is 51.4 Å². The van der Waals surface area contributed by atoms with Gasteiger partial charge in [0, 0.05) is 0 Å². The molecule has 2 heteroatoms. The fraction of sp³-hybridized carbons (Fsp3) is 0.800. The Labute approximate surface area is 203 Å². The summed E-state index contributed by atoms with van der Waals surface area (Å²) in [5.41, 5.74) is 2.03. The van der Waals surface area contributed by atoms with Gasteiger partial charge in [-0.2, -0.15) is 0 Å². The molecule has 1 nitrogen and oxygen atoms in total. The predicted octanol–water partition coefficient (Wildman–Crippen LogP) is 9.92. The summed E-state index contributed by atoms with van der Waals surface area (Å²) < 4.78 is 0. The molecule has 0 radical (unpaired) electrons. The van der Waals surface area contributed by atoms with Crippen LogP contribution in [0.2, 0.25) is 0 Å². The van der Waals surface area contributed by atoms with Gasteiger partial charge in [-0.25, -0.2) is 0 Å². The van der Waals surface area contributed by atoms with Crippen LogP contribution in [0.5, 0.6) is 5.75 Å². The van der Waals surface area contributed by atoms with Crippen molar-refractivity contribution in [1.82, 2.24) is 0 Å². The number of unbranched alkanes of at least 4 members (excludes halogenated alkanes) is 4. The molecule has 0 saturated carbocycles. The molecule has 1 aromatic rings. The molecule has 190 valence electrons. The first kappa shape index (κ1) is 31.4. The molecular weight excluding hydrogens is 407 g/mol. The minimum absolute atomic E-state index is 0.00859. The van der Waals surface area contributed by atoms with Gasteiger partial charge in [0.2, 0.25) is 0 Å². The van der Waals surface area contributed by atoms with E-state index in [-0.39, 0.29) is 10.8 Å². The summed E-state index contributed by atoms with van der Waals surface area (Å²) in [6, 6.07) is 6.04. The third-order valence-electron chi connectivity index (χ3n) is 6.89. The molecular formula is C30H59OP. The van der Waals surface area contributed by atoms with Crippen LogP contribution in [-0.4, -0.2) is 29.8 Å². The van der Waals surface area contributed by atoms with Crippen LogP contribution in [0.1, 0.15) is 132 Å². The normalized spacial score (nSPS) is 12.9. The Morgan fingerprint density at radius 2 is 0.875 bits per heavy atom. The van der Waals surface area contributed by atoms with Crippen molar-refractivity contribution in [2.75, 3.05) is 24.6 Å². The van der Waals surface area contributed by atoms with Gasteiger partial charge < -0.3 is 5.11 Å². The summed E-state index contributed by atoms with van der Waals surface area (Å²) in [4.78, 5) is 0. The molecule has 0 aliphatic rings. The van der Waals surface area contributed by atoms with Crippen molar-refractivity contribution >= 4 is 7.26 Å². The molecule has 0 aliphatic carbocycles. The number of rotatable bonds is 12. The van der Waals surface area contributed by atoms with E-state index in [2.05, 4.69) is 69.2 Å². The third-order valence-corrected chi connectivity index (χ3v) is 12.6. The van der Waals surface area contributed by atoms with Crippen LogP contribution in [-0.2, 0) is 10.8 Å². The first-order valence-corrected chi connectivity index (χ1v) is 16.5. The van der Waals surface area contributed by atoms with Crippen LogP contribution < -0.4 is 0 Å². The van der Waals surface area contributed by atoms with E-state index in [9.17, 15) is 5.11 Å². The molecule has 1 rings (SSSR count). The maximum absolute atomic E-state index is 10.3. The SMILES string of the molecule is CC(C)(C)c1cccc(C(C)(C)C)c1O.CCCC[PH](CCCC)(CCCC)CCCC. The Balaban J connectivity index is 0.000000604. The number of phenols is 1. The zero-order valence-electron chi connectivity index (χ0n) is 23.7. The molecule has 0 bridgehead atoms. The Kier molecular flexibility index (Phi) is 15.1. The second kappa shape index (κ2) is 15.4. The van der Waals surface area contributed by atoms with Crippen molar-refractivity contribution in [3.8, 4) is 5.75 Å². The number of benzene rings is 1. The van der Waals surface area contributed by atoms with Crippen molar-refractivity contribution in [3.05, 3.63) is 29.3 Å². The van der Waals surface area contributed by atoms with E-state index in [4.69, 9.17) is 0 Å². The Hall–Kier alpha value is -0.550. The van der Waals surface area contributed by atoms with Gasteiger partial charge in [-0.3, -0.25) is 0 Å². The number of phenolic OH excluding ortho intramolecular Hbond substituents is 1. The number of hydrogen-bond acceptors (Lipinski definition) is 1. The van der Waals surface area contributed by atoms with Gasteiger partial charge in [0.25, 0.3) is 0 Å². The van der Waals surface area contributed by atoms with Gasteiger partial charge in [-0.15, -0.1) is 0 Å². The van der Waals surface area contributed by atoms with E-state index in [0.717, 1.165) is 11.1 Å². The molecule has 0 aromatic heterocycles. The fourth-order valence-electron chi connectivity index (χ4n) is 4.71. The van der Waals surface area contributed by atoms with Gasteiger partial charge in [0.05, 0.1) is 0 Å². The molecule has 0 heterocycles. The topological polar surface area (TPSA) is 20.2 Å². The van der Waals surface area contributed by atoms with Crippen LogP contribution in [0.4, 0.5) is 0 Å². The molecule has 0 spiro atoms. The van der Waals surface area contributed by atoms with Gasteiger partial charge in [-0.05, 0) is 22.0 Å². The van der Waals surface area contributed by atoms with Crippen molar-refractivity contribution in [2.24, 2.45) is 0 Å². The fourth-order valence-corrected chi connectivity index (χ4v) is 10.6. The zero-order valence-corrected chi connectivity index (χ0v) is 24.7. The average molecular weight is 467 g/mol. The Morgan fingerprint density at radius 3 is 1.09 bits per heavy atom. The first-order valence-electron chi connectivity index (χ1n) is 13.7. The predicted molar refractivity (Wildman–Crippen MR) is 153 cm³/mol. The molecule has 0 saturated heterocycles. The van der Waals surface area contributed by atoms with E-state index < -0.39 is 7.26 Å². The first-order chi connectivity index (χ1) is 14.9. The van der Waals surface area contributed by atoms with E-state index >= 15 is 0 Å². The maximum atomic E-state index is 10.3. The number of hydrogen-bond donors (Lipinski definition) is 1. The molecule has 0 fully saturated rings. The quantitative estimate of drug-likeness (QED) is 0.304. The van der Waals surface area contributed by atoms with Crippen LogP contribution in [0.3, 0.4) is 0 Å². The van der Waals surface area contributed by atoms with Gasteiger partial charge in [0.15, 0.2) is 0 Å².